The fourth-order valence-electron chi connectivity index (χ4n) is 2.13. The van der Waals surface area contributed by atoms with Crippen LogP contribution in [0.15, 0.2) is 58.3 Å². The van der Waals surface area contributed by atoms with Crippen molar-refractivity contribution >= 4 is 36.1 Å². The van der Waals surface area contributed by atoms with Gasteiger partial charge in [-0.25, -0.2) is 15.0 Å². The summed E-state index contributed by atoms with van der Waals surface area (Å²) < 4.78 is 49.4. The Hall–Kier alpha value is -2.29. The summed E-state index contributed by atoms with van der Waals surface area (Å²) in [6.07, 6.45) is 3.45. The van der Waals surface area contributed by atoms with Gasteiger partial charge in [-0.05, 0) is 51.0 Å². The Morgan fingerprint density at radius 2 is 1.41 bits per heavy atom. The molecule has 0 aliphatic rings. The summed E-state index contributed by atoms with van der Waals surface area (Å²) in [4.78, 5) is 13.0. The predicted molar refractivity (Wildman–Crippen MR) is 132 cm³/mol. The van der Waals surface area contributed by atoms with Crippen molar-refractivity contribution in [3.8, 4) is 0 Å². The summed E-state index contributed by atoms with van der Waals surface area (Å²) >= 11 is 0. The summed E-state index contributed by atoms with van der Waals surface area (Å²) in [7, 11) is -2.12. The van der Waals surface area contributed by atoms with E-state index in [2.05, 4.69) is 4.85 Å². The minimum absolute atomic E-state index is 0.0542. The molecule has 0 saturated heterocycles. The third-order valence-corrected chi connectivity index (χ3v) is 6.69. The second-order valence-electron chi connectivity index (χ2n) is 6.96. The van der Waals surface area contributed by atoms with Gasteiger partial charge in [0.1, 0.15) is 6.29 Å². The van der Waals surface area contributed by atoms with Gasteiger partial charge in [0.2, 0.25) is 6.54 Å². The molecule has 0 aromatic heterocycles. The van der Waals surface area contributed by atoms with Gasteiger partial charge in [0.25, 0.3) is 19.2 Å². The third kappa shape index (κ3) is 14.8. The maximum atomic E-state index is 11.6. The molecule has 0 amide bonds. The molecule has 2 aromatic carbocycles. The summed E-state index contributed by atoms with van der Waals surface area (Å²) in [6, 6.07) is 12.8. The molecule has 2 aromatic rings. The molecule has 0 bridgehead atoms. The van der Waals surface area contributed by atoms with Crippen LogP contribution in [0.2, 0.25) is 0 Å². The van der Waals surface area contributed by atoms with Crippen LogP contribution in [-0.2, 0) is 28.1 Å². The van der Waals surface area contributed by atoms with E-state index < -0.39 is 19.2 Å². The van der Waals surface area contributed by atoms with Crippen molar-refractivity contribution in [1.29, 1.82) is 0 Å². The lowest BCUT2D eigenvalue weighted by molar-refractivity contribution is -0.107. The van der Waals surface area contributed by atoms with Crippen molar-refractivity contribution in [2.45, 2.75) is 49.3 Å². The van der Waals surface area contributed by atoms with Gasteiger partial charge in [-0.15, -0.1) is 0 Å². The predicted octanol–water partition coefficient (Wildman–Crippen LogP) is 4.28. The average Bonchev–Trinajstić information content (AvgIpc) is 2.78. The Balaban J connectivity index is 0.000000524. The molecule has 0 aliphatic heterocycles. The molecule has 2 rings (SSSR count). The molecule has 0 atom stereocenters. The van der Waals surface area contributed by atoms with Crippen molar-refractivity contribution in [2.75, 3.05) is 19.8 Å². The highest BCUT2D eigenvalue weighted by Crippen LogP contribution is 2.14. The van der Waals surface area contributed by atoms with Crippen LogP contribution in [-0.4, -0.2) is 48.0 Å². The zero-order chi connectivity index (χ0) is 26.0. The van der Waals surface area contributed by atoms with Crippen LogP contribution in [0.5, 0.6) is 0 Å². The van der Waals surface area contributed by atoms with Crippen molar-refractivity contribution < 1.29 is 30.9 Å². The van der Waals surface area contributed by atoms with E-state index in [4.69, 9.17) is 26.5 Å². The SMILES string of the molecule is Cc1ccc(S(=O)(=O)Cl)cc1.O=CCCCCO.[C-]#[N+]CCCOS(=O)(=O)c1ccc(C)cc1. The van der Waals surface area contributed by atoms with E-state index in [9.17, 15) is 21.6 Å². The summed E-state index contributed by atoms with van der Waals surface area (Å²) in [5, 5.41) is 8.18. The van der Waals surface area contributed by atoms with Gasteiger partial charge < -0.3 is 14.7 Å². The van der Waals surface area contributed by atoms with Gasteiger partial charge >= 0.3 is 0 Å². The van der Waals surface area contributed by atoms with Crippen molar-refractivity contribution in [1.82, 2.24) is 0 Å². The number of unbranched alkanes of at least 4 members (excludes halogenated alkanes) is 2. The summed E-state index contributed by atoms with van der Waals surface area (Å²) in [5.41, 5.74) is 2.00. The number of aliphatic hydroxyl groups is 1. The molecular formula is C23H30ClNO7S2. The first-order chi connectivity index (χ1) is 16.0. The van der Waals surface area contributed by atoms with Gasteiger partial charge in [0.05, 0.1) is 16.4 Å². The van der Waals surface area contributed by atoms with E-state index in [1.807, 2.05) is 13.8 Å². The van der Waals surface area contributed by atoms with Gasteiger partial charge in [-0.2, -0.15) is 8.42 Å². The van der Waals surface area contributed by atoms with Crippen molar-refractivity contribution in [3.63, 3.8) is 0 Å². The normalized spacial score (nSPS) is 10.7. The molecule has 0 spiro atoms. The molecule has 0 aliphatic carbocycles. The highest BCUT2D eigenvalue weighted by Gasteiger charge is 2.14. The molecule has 188 valence electrons. The van der Waals surface area contributed by atoms with E-state index in [1.165, 1.54) is 24.3 Å². The van der Waals surface area contributed by atoms with Gasteiger partial charge in [-0.3, -0.25) is 4.18 Å². The van der Waals surface area contributed by atoms with Crippen LogP contribution >= 0.6 is 10.7 Å². The minimum atomic E-state index is -3.66. The second kappa shape index (κ2) is 17.2. The number of hydrogen-bond donors (Lipinski definition) is 1. The first kappa shape index (κ1) is 31.7. The van der Waals surface area contributed by atoms with E-state index in [-0.39, 0.29) is 29.5 Å². The molecule has 0 saturated carbocycles. The number of hydrogen-bond acceptors (Lipinski definition) is 7. The molecule has 11 heteroatoms. The first-order valence-electron chi connectivity index (χ1n) is 10.3. The maximum absolute atomic E-state index is 11.6. The number of carbonyl (C=O) groups is 1. The van der Waals surface area contributed by atoms with Crippen molar-refractivity contribution in [2.24, 2.45) is 0 Å². The number of aliphatic hydroxyl groups excluding tert-OH is 1. The number of rotatable bonds is 10. The molecule has 34 heavy (non-hydrogen) atoms. The Bertz CT molecular complexity index is 1090. The van der Waals surface area contributed by atoms with Gasteiger partial charge in [-0.1, -0.05) is 35.4 Å². The van der Waals surface area contributed by atoms with E-state index >= 15 is 0 Å². The second-order valence-corrected chi connectivity index (χ2v) is 11.1. The monoisotopic (exact) mass is 531 g/mol. The average molecular weight is 532 g/mol. The zero-order valence-electron chi connectivity index (χ0n) is 19.2. The lowest BCUT2D eigenvalue weighted by atomic mass is 10.2. The van der Waals surface area contributed by atoms with Crippen LogP contribution in [0.3, 0.4) is 0 Å². The molecule has 0 fully saturated rings. The van der Waals surface area contributed by atoms with Crippen LogP contribution in [0, 0.1) is 20.4 Å². The van der Waals surface area contributed by atoms with Crippen LogP contribution in [0.4, 0.5) is 0 Å². The van der Waals surface area contributed by atoms with Crippen LogP contribution in [0.1, 0.15) is 36.8 Å². The molecule has 8 nitrogen and oxygen atoms in total. The Labute approximate surface area is 206 Å². The largest absolute Gasteiger partial charge is 0.396 e. The van der Waals surface area contributed by atoms with Gasteiger partial charge in [0, 0.05) is 30.1 Å². The van der Waals surface area contributed by atoms with Crippen LogP contribution in [0.25, 0.3) is 4.85 Å². The quantitative estimate of drug-likeness (QED) is 0.160. The number of carbonyl (C=O) groups excluding carboxylic acids is 1. The van der Waals surface area contributed by atoms with E-state index in [0.29, 0.717) is 12.8 Å². The lowest BCUT2D eigenvalue weighted by Gasteiger charge is -2.04. The Morgan fingerprint density at radius 3 is 1.82 bits per heavy atom. The van der Waals surface area contributed by atoms with Crippen LogP contribution < -0.4 is 0 Å². The fraction of sp³-hybridized carbons (Fsp3) is 0.391. The number of aryl methyl sites for hydroxylation is 2. The highest BCUT2D eigenvalue weighted by molar-refractivity contribution is 8.13. The molecule has 0 unspecified atom stereocenters. The number of aldehydes is 1. The standard InChI is InChI=1S/C11H13NO3S.C7H7ClO2S.C5H10O2/c1-10-4-6-11(7-5-10)16(13,14)15-9-3-8-12-2;1-6-2-4-7(5-3-6)11(8,9)10;6-4-2-1-3-5-7/h4-7H,3,8-9H2,1H3;2-5H,1H3;4,7H,1-3,5H2. The van der Waals surface area contributed by atoms with Crippen molar-refractivity contribution in [3.05, 3.63) is 71.1 Å². The number of nitrogens with zero attached hydrogens (tertiary/aromatic N) is 1. The molecule has 0 heterocycles. The molecular weight excluding hydrogens is 502 g/mol. The Morgan fingerprint density at radius 1 is 0.912 bits per heavy atom. The lowest BCUT2D eigenvalue weighted by Crippen LogP contribution is -2.08. The number of benzene rings is 2. The zero-order valence-corrected chi connectivity index (χ0v) is 21.6. The fourth-order valence-corrected chi connectivity index (χ4v) is 3.84. The highest BCUT2D eigenvalue weighted by atomic mass is 35.7. The molecule has 1 N–H and O–H groups in total. The number of halogens is 1. The van der Waals surface area contributed by atoms with E-state index in [1.54, 1.807) is 24.3 Å². The third-order valence-electron chi connectivity index (χ3n) is 4.00. The van der Waals surface area contributed by atoms with E-state index in [0.717, 1.165) is 30.3 Å². The topological polar surface area (TPSA) is 119 Å². The Kier molecular flexibility index (Phi) is 16.0. The van der Waals surface area contributed by atoms with Gasteiger partial charge in [0.15, 0.2) is 0 Å². The minimum Gasteiger partial charge on any atom is -0.396 e. The summed E-state index contributed by atoms with van der Waals surface area (Å²) in [5.74, 6) is 0. The smallest absolute Gasteiger partial charge is 0.296 e. The molecule has 0 radical (unpaired) electrons. The summed E-state index contributed by atoms with van der Waals surface area (Å²) in [6.45, 7) is 10.8. The first-order valence-corrected chi connectivity index (χ1v) is 14.0. The maximum Gasteiger partial charge on any atom is 0.296 e.